The van der Waals surface area contributed by atoms with Crippen molar-refractivity contribution in [3.63, 3.8) is 0 Å². The molecule has 136 valence electrons. The van der Waals surface area contributed by atoms with Crippen molar-refractivity contribution in [3.05, 3.63) is 83.6 Å². The highest BCUT2D eigenvalue weighted by molar-refractivity contribution is 5.79. The molecule has 0 N–H and O–H groups in total. The molecule has 0 aliphatic rings. The summed E-state index contributed by atoms with van der Waals surface area (Å²) in [5, 5.41) is 0. The molecule has 0 saturated carbocycles. The third kappa shape index (κ3) is 3.65. The van der Waals surface area contributed by atoms with Crippen molar-refractivity contribution in [2.24, 2.45) is 0 Å². The Kier molecular flexibility index (Phi) is 4.79. The zero-order valence-corrected chi connectivity index (χ0v) is 15.6. The van der Waals surface area contributed by atoms with E-state index in [9.17, 15) is 0 Å². The number of furan rings is 1. The summed E-state index contributed by atoms with van der Waals surface area (Å²) in [6, 6.07) is 18.1. The number of ether oxygens (including phenoxy) is 1. The molecule has 0 radical (unpaired) electrons. The topological polar surface area (TPSA) is 40.2 Å². The fourth-order valence-corrected chi connectivity index (χ4v) is 3.13. The predicted octanol–water partition coefficient (Wildman–Crippen LogP) is 5.50. The van der Waals surface area contributed by atoms with Crippen molar-refractivity contribution >= 4 is 23.2 Å². The monoisotopic (exact) mass is 358 g/mol. The van der Waals surface area contributed by atoms with Gasteiger partial charge in [0, 0.05) is 0 Å². The van der Waals surface area contributed by atoms with Gasteiger partial charge in [0.15, 0.2) is 0 Å². The van der Waals surface area contributed by atoms with Crippen molar-refractivity contribution in [2.75, 3.05) is 6.61 Å². The summed E-state index contributed by atoms with van der Waals surface area (Å²) in [6.45, 7) is 5.48. The van der Waals surface area contributed by atoms with Crippen LogP contribution in [0.25, 0.3) is 23.2 Å². The Morgan fingerprint density at radius 2 is 1.89 bits per heavy atom. The maximum absolute atomic E-state index is 6.05. The Balaban J connectivity index is 1.58. The molecular formula is C23H22N2O2. The summed E-state index contributed by atoms with van der Waals surface area (Å²) in [7, 11) is 0. The molecule has 0 aliphatic carbocycles. The first-order chi connectivity index (χ1) is 13.2. The number of imidazole rings is 1. The van der Waals surface area contributed by atoms with Crippen LogP contribution in [0.4, 0.5) is 0 Å². The fourth-order valence-electron chi connectivity index (χ4n) is 3.13. The first-order valence-corrected chi connectivity index (χ1v) is 9.08. The third-order valence-electron chi connectivity index (χ3n) is 4.75. The molecule has 0 atom stereocenters. The molecule has 4 aromatic rings. The zero-order valence-electron chi connectivity index (χ0n) is 15.6. The second-order valence-electron chi connectivity index (χ2n) is 6.51. The second-order valence-corrected chi connectivity index (χ2v) is 6.51. The predicted molar refractivity (Wildman–Crippen MR) is 109 cm³/mol. The lowest BCUT2D eigenvalue weighted by Gasteiger charge is -2.12. The maximum Gasteiger partial charge on any atom is 0.134 e. The van der Waals surface area contributed by atoms with Gasteiger partial charge in [0.1, 0.15) is 23.9 Å². The normalized spacial score (nSPS) is 11.5. The molecule has 2 heterocycles. The number of fused-ring (bicyclic) bond motifs is 1. The molecule has 2 aromatic heterocycles. The summed E-state index contributed by atoms with van der Waals surface area (Å²) in [5.41, 5.74) is 4.50. The number of benzene rings is 2. The van der Waals surface area contributed by atoms with E-state index in [4.69, 9.17) is 14.1 Å². The summed E-state index contributed by atoms with van der Waals surface area (Å²) in [6.07, 6.45) is 5.58. The Morgan fingerprint density at radius 3 is 2.74 bits per heavy atom. The van der Waals surface area contributed by atoms with Gasteiger partial charge in [0.2, 0.25) is 0 Å². The highest BCUT2D eigenvalue weighted by atomic mass is 16.5. The molecule has 0 fully saturated rings. The molecule has 0 saturated heterocycles. The van der Waals surface area contributed by atoms with Crippen LogP contribution in [-0.4, -0.2) is 16.2 Å². The van der Waals surface area contributed by atoms with Crippen molar-refractivity contribution in [1.29, 1.82) is 0 Å². The number of rotatable bonds is 6. The standard InChI is InChI=1S/C23H22N2O2/c1-17-7-5-11-22(18(17)2)27-16-14-25-21-10-4-3-9-20(21)24-23(25)13-12-19-8-6-15-26-19/h3-13,15H,14,16H2,1-2H3/b13-12+. The minimum atomic E-state index is 0.576. The molecule has 4 heteroatoms. The van der Waals surface area contributed by atoms with E-state index in [1.165, 1.54) is 11.1 Å². The maximum atomic E-state index is 6.05. The molecule has 0 unspecified atom stereocenters. The van der Waals surface area contributed by atoms with Crippen LogP contribution in [0.15, 0.2) is 65.3 Å². The molecule has 0 amide bonds. The van der Waals surface area contributed by atoms with Crippen molar-refractivity contribution in [3.8, 4) is 5.75 Å². The number of hydrogen-bond acceptors (Lipinski definition) is 3. The minimum Gasteiger partial charge on any atom is -0.491 e. The molecule has 0 aliphatic heterocycles. The Hall–Kier alpha value is -3.27. The smallest absolute Gasteiger partial charge is 0.134 e. The van der Waals surface area contributed by atoms with Gasteiger partial charge < -0.3 is 13.7 Å². The van der Waals surface area contributed by atoms with E-state index in [2.05, 4.69) is 30.5 Å². The van der Waals surface area contributed by atoms with Crippen molar-refractivity contribution in [1.82, 2.24) is 9.55 Å². The Morgan fingerprint density at radius 1 is 1.00 bits per heavy atom. The lowest BCUT2D eigenvalue weighted by atomic mass is 10.1. The summed E-state index contributed by atoms with van der Waals surface area (Å²) in [5.74, 6) is 2.63. The lowest BCUT2D eigenvalue weighted by Crippen LogP contribution is -2.10. The fraction of sp³-hybridized carbons (Fsp3) is 0.174. The highest BCUT2D eigenvalue weighted by Crippen LogP contribution is 2.22. The first kappa shape index (κ1) is 17.2. The highest BCUT2D eigenvalue weighted by Gasteiger charge is 2.09. The van der Waals surface area contributed by atoms with Crippen LogP contribution >= 0.6 is 0 Å². The number of hydrogen-bond donors (Lipinski definition) is 0. The number of aromatic nitrogens is 2. The largest absolute Gasteiger partial charge is 0.491 e. The van der Waals surface area contributed by atoms with Crippen LogP contribution in [-0.2, 0) is 6.54 Å². The SMILES string of the molecule is Cc1cccc(OCCn2c(/C=C/c3ccco3)nc3ccccc32)c1C. The van der Waals surface area contributed by atoms with Gasteiger partial charge >= 0.3 is 0 Å². The summed E-state index contributed by atoms with van der Waals surface area (Å²) >= 11 is 0. The second kappa shape index (κ2) is 7.54. The van der Waals surface area contributed by atoms with E-state index in [1.807, 2.05) is 54.6 Å². The van der Waals surface area contributed by atoms with Gasteiger partial charge in [-0.05, 0) is 67.5 Å². The van der Waals surface area contributed by atoms with Gasteiger partial charge in [0.25, 0.3) is 0 Å². The van der Waals surface area contributed by atoms with Crippen LogP contribution in [0.5, 0.6) is 5.75 Å². The van der Waals surface area contributed by atoms with Crippen LogP contribution in [0, 0.1) is 13.8 Å². The quantitative estimate of drug-likeness (QED) is 0.457. The van der Waals surface area contributed by atoms with E-state index in [-0.39, 0.29) is 0 Å². The van der Waals surface area contributed by atoms with Gasteiger partial charge in [0.05, 0.1) is 23.8 Å². The van der Waals surface area contributed by atoms with Gasteiger partial charge in [-0.2, -0.15) is 0 Å². The van der Waals surface area contributed by atoms with Crippen molar-refractivity contribution in [2.45, 2.75) is 20.4 Å². The Labute approximate surface area is 158 Å². The lowest BCUT2D eigenvalue weighted by molar-refractivity contribution is 0.297. The van der Waals surface area contributed by atoms with Gasteiger partial charge in [-0.1, -0.05) is 24.3 Å². The number of aryl methyl sites for hydroxylation is 1. The van der Waals surface area contributed by atoms with E-state index < -0.39 is 0 Å². The van der Waals surface area contributed by atoms with Crippen LogP contribution in [0.1, 0.15) is 22.7 Å². The molecule has 0 spiro atoms. The minimum absolute atomic E-state index is 0.576. The molecule has 27 heavy (non-hydrogen) atoms. The van der Waals surface area contributed by atoms with Crippen LogP contribution in [0.3, 0.4) is 0 Å². The van der Waals surface area contributed by atoms with Gasteiger partial charge in [-0.25, -0.2) is 4.98 Å². The van der Waals surface area contributed by atoms with Crippen LogP contribution in [0.2, 0.25) is 0 Å². The molecule has 4 nitrogen and oxygen atoms in total. The molecular weight excluding hydrogens is 336 g/mol. The summed E-state index contributed by atoms with van der Waals surface area (Å²) < 4.78 is 13.6. The molecule has 0 bridgehead atoms. The third-order valence-corrected chi connectivity index (χ3v) is 4.75. The number of para-hydroxylation sites is 2. The van der Waals surface area contributed by atoms with E-state index in [0.717, 1.165) is 28.4 Å². The zero-order chi connectivity index (χ0) is 18.6. The van der Waals surface area contributed by atoms with Gasteiger partial charge in [-0.15, -0.1) is 0 Å². The van der Waals surface area contributed by atoms with Crippen LogP contribution < -0.4 is 4.74 Å². The molecule has 4 rings (SSSR count). The van der Waals surface area contributed by atoms with E-state index in [1.54, 1.807) is 6.26 Å². The number of nitrogens with zero attached hydrogens (tertiary/aromatic N) is 2. The van der Waals surface area contributed by atoms with E-state index >= 15 is 0 Å². The van der Waals surface area contributed by atoms with E-state index in [0.29, 0.717) is 13.2 Å². The molecule has 2 aromatic carbocycles. The first-order valence-electron chi connectivity index (χ1n) is 9.08. The van der Waals surface area contributed by atoms with Crippen molar-refractivity contribution < 1.29 is 9.15 Å². The summed E-state index contributed by atoms with van der Waals surface area (Å²) in [4.78, 5) is 4.75. The average molecular weight is 358 g/mol. The Bertz CT molecular complexity index is 1080. The van der Waals surface area contributed by atoms with Gasteiger partial charge in [-0.3, -0.25) is 0 Å². The average Bonchev–Trinajstić information content (AvgIpc) is 3.31.